The Kier molecular flexibility index (Phi) is 8.12. The summed E-state index contributed by atoms with van der Waals surface area (Å²) < 4.78 is 0. The third-order valence-electron chi connectivity index (χ3n) is 14.5. The Labute approximate surface area is 313 Å². The van der Waals surface area contributed by atoms with Gasteiger partial charge in [-0.25, -0.2) is 0 Å². The maximum absolute atomic E-state index is 2.82. The third kappa shape index (κ3) is 5.71. The van der Waals surface area contributed by atoms with Crippen molar-refractivity contribution in [1.29, 1.82) is 0 Å². The molecule has 0 bridgehead atoms. The average Bonchev–Trinajstić information content (AvgIpc) is 3.19. The molecule has 0 aliphatic heterocycles. The SMILES string of the molecule is CC(C)(C)C1C=CC2=C(C=C(C3=CC4=C(CC3)C(C3C=CC5=C(C=CCC5)C3)=CC3C4C=C(C4C=CC5=C(C=CCC5)C4)C4=CC=CCC43)CC2)C1. The van der Waals surface area contributed by atoms with Crippen molar-refractivity contribution in [3.8, 4) is 0 Å². The molecule has 0 radical (unpaired) electrons. The fourth-order valence-corrected chi connectivity index (χ4v) is 11.4. The summed E-state index contributed by atoms with van der Waals surface area (Å²) >= 11 is 0. The summed E-state index contributed by atoms with van der Waals surface area (Å²) in [6.07, 6.45) is 57.3. The summed E-state index contributed by atoms with van der Waals surface area (Å²) in [6.45, 7) is 7.23. The van der Waals surface area contributed by atoms with Crippen LogP contribution < -0.4 is 0 Å². The maximum atomic E-state index is 2.82. The van der Waals surface area contributed by atoms with E-state index in [9.17, 15) is 0 Å². The highest BCUT2D eigenvalue weighted by molar-refractivity contribution is 5.61. The van der Waals surface area contributed by atoms with Gasteiger partial charge in [-0.15, -0.1) is 0 Å². The van der Waals surface area contributed by atoms with E-state index in [0.717, 1.165) is 19.3 Å². The van der Waals surface area contributed by atoms with Gasteiger partial charge in [-0.1, -0.05) is 124 Å². The molecule has 0 fully saturated rings. The van der Waals surface area contributed by atoms with Gasteiger partial charge >= 0.3 is 0 Å². The minimum Gasteiger partial charge on any atom is -0.0839 e. The Morgan fingerprint density at radius 1 is 0.558 bits per heavy atom. The summed E-state index contributed by atoms with van der Waals surface area (Å²) in [5.74, 6) is 3.07. The largest absolute Gasteiger partial charge is 0.0839 e. The quantitative estimate of drug-likeness (QED) is 0.278. The Hall–Kier alpha value is -3.90. The van der Waals surface area contributed by atoms with Crippen molar-refractivity contribution in [2.75, 3.05) is 0 Å². The van der Waals surface area contributed by atoms with Gasteiger partial charge < -0.3 is 0 Å². The molecular weight excluding hydrogens is 625 g/mol. The first kappa shape index (κ1) is 32.7. The van der Waals surface area contributed by atoms with Crippen molar-refractivity contribution in [1.82, 2.24) is 0 Å². The fourth-order valence-electron chi connectivity index (χ4n) is 11.4. The lowest BCUT2D eigenvalue weighted by Crippen LogP contribution is -2.35. The lowest BCUT2D eigenvalue weighted by Gasteiger charge is -2.46. The van der Waals surface area contributed by atoms with E-state index in [0.29, 0.717) is 40.9 Å². The van der Waals surface area contributed by atoms with E-state index in [-0.39, 0.29) is 0 Å². The molecule has 0 N–H and O–H groups in total. The summed E-state index contributed by atoms with van der Waals surface area (Å²) in [5, 5.41) is 0. The zero-order chi connectivity index (χ0) is 35.0. The van der Waals surface area contributed by atoms with Gasteiger partial charge in [0.15, 0.2) is 0 Å². The molecule has 0 saturated heterocycles. The second-order valence-electron chi connectivity index (χ2n) is 18.4. The minimum absolute atomic E-state index is 0.299. The van der Waals surface area contributed by atoms with Crippen LogP contribution >= 0.6 is 0 Å². The van der Waals surface area contributed by atoms with Crippen LogP contribution in [0, 0.1) is 40.9 Å². The molecule has 0 amide bonds. The van der Waals surface area contributed by atoms with Crippen molar-refractivity contribution in [3.63, 3.8) is 0 Å². The van der Waals surface area contributed by atoms with Crippen LogP contribution in [-0.4, -0.2) is 0 Å². The smallest absolute Gasteiger partial charge is 0.00960 e. The maximum Gasteiger partial charge on any atom is 0.00960 e. The number of rotatable bonds is 3. The standard InChI is InChI=1S/C52H56/c1-52(2,3)43-24-22-35-16-19-38(28-42(35)29-43)39-23-25-46-48(41-21-18-34-11-5-7-13-37(34)27-41)31-50-45-15-9-8-14-44(45)47(32-51(50)49(46)30-39)40-20-17-33-10-4-6-12-36(33)26-40/h6-9,12-14,17-18,20-22,24,28,30-32,40-41,43,45,50-51H,4-5,10-11,15-16,19,23,25-27,29H2,1-3H3. The van der Waals surface area contributed by atoms with E-state index in [4.69, 9.17) is 0 Å². The summed E-state index contributed by atoms with van der Waals surface area (Å²) in [4.78, 5) is 0. The lowest BCUT2D eigenvalue weighted by molar-refractivity contribution is 0.289. The van der Waals surface area contributed by atoms with Crippen molar-refractivity contribution >= 4 is 0 Å². The average molecular weight is 681 g/mol. The van der Waals surface area contributed by atoms with Crippen LogP contribution in [0.5, 0.6) is 0 Å². The van der Waals surface area contributed by atoms with Crippen molar-refractivity contribution < 1.29 is 0 Å². The van der Waals surface area contributed by atoms with Crippen LogP contribution in [0.4, 0.5) is 0 Å². The Morgan fingerprint density at radius 2 is 1.23 bits per heavy atom. The molecule has 0 aromatic carbocycles. The highest BCUT2D eigenvalue weighted by Crippen LogP contribution is 2.56. The second-order valence-corrected chi connectivity index (χ2v) is 18.4. The number of fused-ring (bicyclic) bond motifs is 4. The topological polar surface area (TPSA) is 0 Å². The first-order valence-electron chi connectivity index (χ1n) is 20.9. The molecule has 6 unspecified atom stereocenters. The van der Waals surface area contributed by atoms with Gasteiger partial charge in [0.25, 0.3) is 0 Å². The minimum atomic E-state index is 0.299. The van der Waals surface area contributed by atoms with E-state index in [1.54, 1.807) is 72.5 Å². The van der Waals surface area contributed by atoms with Crippen LogP contribution in [0.2, 0.25) is 0 Å². The van der Waals surface area contributed by atoms with E-state index < -0.39 is 0 Å². The van der Waals surface area contributed by atoms with Crippen LogP contribution in [0.25, 0.3) is 0 Å². The monoisotopic (exact) mass is 680 g/mol. The zero-order valence-corrected chi connectivity index (χ0v) is 31.8. The second kappa shape index (κ2) is 12.9. The number of allylic oxidation sites excluding steroid dienone is 30. The summed E-state index contributed by atoms with van der Waals surface area (Å²) in [7, 11) is 0. The van der Waals surface area contributed by atoms with Crippen LogP contribution in [0.1, 0.15) is 97.8 Å². The first-order valence-corrected chi connectivity index (χ1v) is 20.9. The summed E-state index contributed by atoms with van der Waals surface area (Å²) in [6, 6.07) is 0. The third-order valence-corrected chi connectivity index (χ3v) is 14.5. The normalized spacial score (nSPS) is 33.3. The number of hydrogen-bond acceptors (Lipinski definition) is 0. The molecule has 10 aliphatic carbocycles. The molecule has 0 spiro atoms. The molecule has 0 heteroatoms. The molecule has 0 aromatic rings. The molecule has 264 valence electrons. The van der Waals surface area contributed by atoms with Gasteiger partial charge in [-0.3, -0.25) is 0 Å². The molecule has 0 heterocycles. The van der Waals surface area contributed by atoms with E-state index in [1.807, 2.05) is 0 Å². The zero-order valence-electron chi connectivity index (χ0n) is 31.8. The lowest BCUT2D eigenvalue weighted by atomic mass is 9.58. The Morgan fingerprint density at radius 3 is 1.98 bits per heavy atom. The number of hydrogen-bond donors (Lipinski definition) is 0. The molecule has 10 aliphatic rings. The van der Waals surface area contributed by atoms with Crippen molar-refractivity contribution in [2.24, 2.45) is 40.9 Å². The molecule has 10 rings (SSSR count). The van der Waals surface area contributed by atoms with Crippen LogP contribution in [-0.2, 0) is 0 Å². The molecular formula is C52H56. The molecule has 0 aromatic heterocycles. The van der Waals surface area contributed by atoms with Crippen molar-refractivity contribution in [3.05, 3.63) is 176 Å². The van der Waals surface area contributed by atoms with Gasteiger partial charge in [0.05, 0.1) is 0 Å². The van der Waals surface area contributed by atoms with Gasteiger partial charge in [0.2, 0.25) is 0 Å². The molecule has 0 saturated carbocycles. The predicted octanol–water partition coefficient (Wildman–Crippen LogP) is 13.7. The van der Waals surface area contributed by atoms with Gasteiger partial charge in [0.1, 0.15) is 0 Å². The first-order chi connectivity index (χ1) is 25.4. The van der Waals surface area contributed by atoms with Crippen LogP contribution in [0.15, 0.2) is 176 Å². The van der Waals surface area contributed by atoms with Gasteiger partial charge in [-0.05, 0) is 173 Å². The predicted molar refractivity (Wildman–Crippen MR) is 219 cm³/mol. The highest BCUT2D eigenvalue weighted by atomic mass is 14.5. The van der Waals surface area contributed by atoms with Crippen molar-refractivity contribution in [2.45, 2.75) is 97.8 Å². The van der Waals surface area contributed by atoms with E-state index in [2.05, 4.69) is 124 Å². The Balaban J connectivity index is 1.06. The van der Waals surface area contributed by atoms with E-state index >= 15 is 0 Å². The van der Waals surface area contributed by atoms with Gasteiger partial charge in [-0.2, -0.15) is 0 Å². The van der Waals surface area contributed by atoms with E-state index in [1.165, 1.54) is 57.8 Å². The van der Waals surface area contributed by atoms with Gasteiger partial charge in [0, 0.05) is 17.8 Å². The Bertz CT molecular complexity index is 2070. The highest BCUT2D eigenvalue weighted by Gasteiger charge is 2.43. The van der Waals surface area contributed by atoms with Crippen LogP contribution in [0.3, 0.4) is 0 Å². The molecule has 0 nitrogen and oxygen atoms in total. The fraction of sp³-hybridized carbons (Fsp3) is 0.423. The molecule has 52 heavy (non-hydrogen) atoms. The summed E-state index contributed by atoms with van der Waals surface area (Å²) in [5.41, 5.74) is 21.3. The molecule has 6 atom stereocenters.